The van der Waals surface area contributed by atoms with Crippen LogP contribution in [0.1, 0.15) is 12.0 Å². The molecule has 6 heteroatoms. The Labute approximate surface area is 132 Å². The lowest BCUT2D eigenvalue weighted by Gasteiger charge is -2.15. The zero-order chi connectivity index (χ0) is 16.3. The standard InChI is InChI=1S/C17H16F3N3/c18-17(19,20)12-13-5-4-8-15(11-13)23-10-9-16(22-23)21-14-6-2-1-3-7-14/h1-8,11H,9-10,12H2,(H,21,22). The summed E-state index contributed by atoms with van der Waals surface area (Å²) in [6.45, 7) is 0.643. The van der Waals surface area contributed by atoms with Gasteiger partial charge < -0.3 is 5.32 Å². The summed E-state index contributed by atoms with van der Waals surface area (Å²) in [6.07, 6.45) is -4.40. The molecule has 120 valence electrons. The molecule has 0 atom stereocenters. The third kappa shape index (κ3) is 4.25. The lowest BCUT2D eigenvalue weighted by molar-refractivity contribution is -0.127. The zero-order valence-corrected chi connectivity index (χ0v) is 12.3. The summed E-state index contributed by atoms with van der Waals surface area (Å²) >= 11 is 0. The second-order valence-electron chi connectivity index (χ2n) is 5.37. The number of alkyl halides is 3. The zero-order valence-electron chi connectivity index (χ0n) is 12.3. The number of hydrogen-bond donors (Lipinski definition) is 1. The van der Waals surface area contributed by atoms with E-state index in [2.05, 4.69) is 10.4 Å². The summed E-state index contributed by atoms with van der Waals surface area (Å²) in [5.41, 5.74) is 1.87. The van der Waals surface area contributed by atoms with Gasteiger partial charge in [-0.15, -0.1) is 0 Å². The van der Waals surface area contributed by atoms with E-state index >= 15 is 0 Å². The molecule has 2 aromatic carbocycles. The monoisotopic (exact) mass is 319 g/mol. The highest BCUT2D eigenvalue weighted by molar-refractivity contribution is 5.97. The first-order chi connectivity index (χ1) is 11.0. The van der Waals surface area contributed by atoms with Crippen molar-refractivity contribution in [1.29, 1.82) is 0 Å². The van der Waals surface area contributed by atoms with Crippen LogP contribution >= 0.6 is 0 Å². The molecule has 0 amide bonds. The molecule has 0 bridgehead atoms. The summed E-state index contributed by atoms with van der Waals surface area (Å²) in [6, 6.07) is 16.1. The maximum Gasteiger partial charge on any atom is 0.393 e. The van der Waals surface area contributed by atoms with Gasteiger partial charge in [0.25, 0.3) is 0 Å². The highest BCUT2D eigenvalue weighted by Gasteiger charge is 2.28. The minimum Gasteiger partial charge on any atom is -0.342 e. The molecule has 0 aliphatic carbocycles. The number of halogens is 3. The Morgan fingerprint density at radius 1 is 1.04 bits per heavy atom. The van der Waals surface area contributed by atoms with Crippen molar-refractivity contribution in [3.63, 3.8) is 0 Å². The summed E-state index contributed by atoms with van der Waals surface area (Å²) in [5, 5.41) is 9.40. The lowest BCUT2D eigenvalue weighted by atomic mass is 10.1. The molecular weight excluding hydrogens is 303 g/mol. The fourth-order valence-corrected chi connectivity index (χ4v) is 2.48. The Balaban J connectivity index is 1.72. The van der Waals surface area contributed by atoms with Crippen molar-refractivity contribution in [3.05, 3.63) is 60.2 Å². The Hall–Kier alpha value is -2.50. The molecular formula is C17H16F3N3. The van der Waals surface area contributed by atoms with Crippen LogP contribution in [0.4, 0.5) is 24.5 Å². The van der Waals surface area contributed by atoms with Gasteiger partial charge in [-0.1, -0.05) is 30.3 Å². The van der Waals surface area contributed by atoms with Crippen LogP contribution in [0.15, 0.2) is 59.7 Å². The molecule has 0 fully saturated rings. The number of hydrazone groups is 1. The normalized spacial score (nSPS) is 14.7. The van der Waals surface area contributed by atoms with Crippen LogP contribution in [0.25, 0.3) is 0 Å². The van der Waals surface area contributed by atoms with Crippen molar-refractivity contribution in [2.24, 2.45) is 5.10 Å². The van der Waals surface area contributed by atoms with E-state index in [-0.39, 0.29) is 5.56 Å². The Kier molecular flexibility index (Phi) is 4.23. The SMILES string of the molecule is FC(F)(F)Cc1cccc(N2CCC(Nc3ccccc3)=N2)c1. The number of rotatable bonds is 3. The molecule has 0 radical (unpaired) electrons. The topological polar surface area (TPSA) is 27.6 Å². The van der Waals surface area contributed by atoms with Gasteiger partial charge in [0, 0.05) is 18.7 Å². The molecule has 1 aliphatic heterocycles. The van der Waals surface area contributed by atoms with E-state index in [9.17, 15) is 13.2 Å². The van der Waals surface area contributed by atoms with Gasteiger partial charge in [0.15, 0.2) is 0 Å². The molecule has 3 nitrogen and oxygen atoms in total. The molecule has 3 rings (SSSR count). The molecule has 1 N–H and O–H groups in total. The van der Waals surface area contributed by atoms with E-state index in [1.807, 2.05) is 30.3 Å². The number of hydrogen-bond acceptors (Lipinski definition) is 3. The summed E-state index contributed by atoms with van der Waals surface area (Å²) in [7, 11) is 0. The average molecular weight is 319 g/mol. The predicted molar refractivity (Wildman–Crippen MR) is 85.7 cm³/mol. The van der Waals surface area contributed by atoms with E-state index in [4.69, 9.17) is 0 Å². The molecule has 0 saturated heterocycles. The van der Waals surface area contributed by atoms with Crippen molar-refractivity contribution < 1.29 is 13.2 Å². The van der Waals surface area contributed by atoms with Crippen LogP contribution in [0.3, 0.4) is 0 Å². The quantitative estimate of drug-likeness (QED) is 0.906. The van der Waals surface area contributed by atoms with Crippen LogP contribution < -0.4 is 10.3 Å². The summed E-state index contributed by atoms with van der Waals surface area (Å²) in [4.78, 5) is 0. The number of nitrogens with one attached hydrogen (secondary N) is 1. The minimum atomic E-state index is -4.20. The van der Waals surface area contributed by atoms with Gasteiger partial charge in [0.1, 0.15) is 5.84 Å². The number of para-hydroxylation sites is 1. The molecule has 2 aromatic rings. The van der Waals surface area contributed by atoms with E-state index < -0.39 is 12.6 Å². The number of amidine groups is 1. The van der Waals surface area contributed by atoms with E-state index in [0.717, 1.165) is 17.9 Å². The van der Waals surface area contributed by atoms with Crippen LogP contribution in [-0.2, 0) is 6.42 Å². The van der Waals surface area contributed by atoms with Gasteiger partial charge in [-0.2, -0.15) is 18.3 Å². The van der Waals surface area contributed by atoms with Gasteiger partial charge in [0.05, 0.1) is 12.1 Å². The lowest BCUT2D eigenvalue weighted by Crippen LogP contribution is -2.14. The van der Waals surface area contributed by atoms with Crippen LogP contribution in [-0.4, -0.2) is 18.6 Å². The largest absolute Gasteiger partial charge is 0.393 e. The first kappa shape index (κ1) is 15.4. The molecule has 0 saturated carbocycles. The Bertz CT molecular complexity index is 696. The average Bonchev–Trinajstić information content (AvgIpc) is 2.95. The molecule has 0 unspecified atom stereocenters. The van der Waals surface area contributed by atoms with Crippen molar-refractivity contribution in [3.8, 4) is 0 Å². The molecule has 0 spiro atoms. The van der Waals surface area contributed by atoms with Crippen LogP contribution in [0, 0.1) is 0 Å². The summed E-state index contributed by atoms with van der Waals surface area (Å²) in [5.74, 6) is 0.803. The fraction of sp³-hybridized carbons (Fsp3) is 0.235. The van der Waals surface area contributed by atoms with Crippen LogP contribution in [0.2, 0.25) is 0 Å². The van der Waals surface area contributed by atoms with Gasteiger partial charge in [-0.05, 0) is 29.8 Å². The van der Waals surface area contributed by atoms with Crippen molar-refractivity contribution in [1.82, 2.24) is 0 Å². The fourth-order valence-electron chi connectivity index (χ4n) is 2.48. The first-order valence-electron chi connectivity index (χ1n) is 7.32. The highest BCUT2D eigenvalue weighted by atomic mass is 19.4. The first-order valence-corrected chi connectivity index (χ1v) is 7.32. The van der Waals surface area contributed by atoms with Gasteiger partial charge in [-0.25, -0.2) is 0 Å². The van der Waals surface area contributed by atoms with E-state index in [1.165, 1.54) is 6.07 Å². The third-order valence-electron chi connectivity index (χ3n) is 3.48. The van der Waals surface area contributed by atoms with Crippen LogP contribution in [0.5, 0.6) is 0 Å². The Morgan fingerprint density at radius 3 is 2.57 bits per heavy atom. The van der Waals surface area contributed by atoms with Crippen molar-refractivity contribution >= 4 is 17.2 Å². The van der Waals surface area contributed by atoms with Gasteiger partial charge >= 0.3 is 6.18 Å². The molecule has 23 heavy (non-hydrogen) atoms. The van der Waals surface area contributed by atoms with Gasteiger partial charge in [-0.3, -0.25) is 5.01 Å². The third-order valence-corrected chi connectivity index (χ3v) is 3.48. The second-order valence-corrected chi connectivity index (χ2v) is 5.37. The smallest absolute Gasteiger partial charge is 0.342 e. The van der Waals surface area contributed by atoms with E-state index in [1.54, 1.807) is 23.2 Å². The molecule has 1 aliphatic rings. The number of nitrogens with zero attached hydrogens (tertiary/aromatic N) is 2. The van der Waals surface area contributed by atoms with Crippen molar-refractivity contribution in [2.45, 2.75) is 19.0 Å². The maximum atomic E-state index is 12.5. The number of benzene rings is 2. The Morgan fingerprint density at radius 2 is 1.83 bits per heavy atom. The van der Waals surface area contributed by atoms with Gasteiger partial charge in [0.2, 0.25) is 0 Å². The molecule has 1 heterocycles. The molecule has 0 aromatic heterocycles. The predicted octanol–water partition coefficient (Wildman–Crippen LogP) is 4.43. The second kappa shape index (κ2) is 6.32. The highest BCUT2D eigenvalue weighted by Crippen LogP contribution is 2.26. The summed E-state index contributed by atoms with van der Waals surface area (Å²) < 4.78 is 37.5. The number of anilines is 2. The minimum absolute atomic E-state index is 0.245. The maximum absolute atomic E-state index is 12.5. The van der Waals surface area contributed by atoms with Crippen molar-refractivity contribution in [2.75, 3.05) is 16.9 Å². The van der Waals surface area contributed by atoms with E-state index in [0.29, 0.717) is 12.2 Å².